The molecule has 18 heavy (non-hydrogen) atoms. The van der Waals surface area contributed by atoms with Gasteiger partial charge >= 0.3 is 0 Å². The zero-order valence-electron chi connectivity index (χ0n) is 10.3. The van der Waals surface area contributed by atoms with Crippen molar-refractivity contribution >= 4 is 33.4 Å². The first-order valence-corrected chi connectivity index (χ1v) is 8.72. The lowest BCUT2D eigenvalue weighted by molar-refractivity contribution is 0.339. The summed E-state index contributed by atoms with van der Waals surface area (Å²) in [5, 5.41) is 6.75. The fourth-order valence-electron chi connectivity index (χ4n) is 1.98. The van der Waals surface area contributed by atoms with Gasteiger partial charge in [0.1, 0.15) is 0 Å². The van der Waals surface area contributed by atoms with Crippen LogP contribution in [0.25, 0.3) is 0 Å². The highest BCUT2D eigenvalue weighted by Crippen LogP contribution is 2.29. The second-order valence-corrected chi connectivity index (χ2v) is 7.87. The van der Waals surface area contributed by atoms with Crippen molar-refractivity contribution in [3.8, 4) is 0 Å². The van der Waals surface area contributed by atoms with Crippen LogP contribution in [0.4, 0.5) is 0 Å². The first kappa shape index (κ1) is 14.2. The summed E-state index contributed by atoms with van der Waals surface area (Å²) < 4.78 is 26.7. The number of sulfonamides is 1. The lowest BCUT2D eigenvalue weighted by Crippen LogP contribution is -2.48. The number of hydrogen-bond acceptors (Lipinski definition) is 4. The molecule has 2 unspecified atom stereocenters. The van der Waals surface area contributed by atoms with Crippen LogP contribution in [0.3, 0.4) is 0 Å². The number of aromatic nitrogens is 2. The van der Waals surface area contributed by atoms with E-state index in [4.69, 9.17) is 11.6 Å². The quantitative estimate of drug-likeness (QED) is 0.862. The van der Waals surface area contributed by atoms with Gasteiger partial charge in [0.2, 0.25) is 0 Å². The largest absolute Gasteiger partial charge is 0.266 e. The lowest BCUT2D eigenvalue weighted by atomic mass is 10.2. The monoisotopic (exact) mass is 309 g/mol. The van der Waals surface area contributed by atoms with E-state index in [2.05, 4.69) is 10.2 Å². The molecule has 2 heterocycles. The number of aromatic amines is 1. The molecule has 8 heteroatoms. The molecule has 5 nitrogen and oxygen atoms in total. The Hall–Kier alpha value is -0.240. The zero-order valence-corrected chi connectivity index (χ0v) is 12.6. The zero-order chi connectivity index (χ0) is 13.3. The Balaban J connectivity index is 2.36. The molecule has 2 rings (SSSR count). The predicted octanol–water partition coefficient (Wildman–Crippen LogP) is 1.66. The molecule has 0 spiro atoms. The van der Waals surface area contributed by atoms with Gasteiger partial charge in [-0.2, -0.15) is 21.2 Å². The second kappa shape index (κ2) is 5.40. The van der Waals surface area contributed by atoms with Crippen LogP contribution in [0.15, 0.2) is 11.2 Å². The summed E-state index contributed by atoms with van der Waals surface area (Å²) in [5.74, 6) is 0.951. The molecule has 1 aromatic heterocycles. The van der Waals surface area contributed by atoms with Gasteiger partial charge in [-0.1, -0.05) is 6.92 Å². The minimum Gasteiger partial charge on any atom is -0.266 e. The molecule has 0 amide bonds. The molecular weight excluding hydrogens is 294 g/mol. The highest BCUT2D eigenvalue weighted by molar-refractivity contribution is 8.00. The van der Waals surface area contributed by atoms with Crippen molar-refractivity contribution in [1.29, 1.82) is 0 Å². The van der Waals surface area contributed by atoms with E-state index in [1.165, 1.54) is 10.5 Å². The molecule has 0 radical (unpaired) electrons. The van der Waals surface area contributed by atoms with Crippen molar-refractivity contribution in [3.05, 3.63) is 11.8 Å². The molecule has 1 aliphatic rings. The Morgan fingerprint density at radius 1 is 1.61 bits per heavy atom. The minimum absolute atomic E-state index is 0.0276. The van der Waals surface area contributed by atoms with E-state index in [0.29, 0.717) is 12.1 Å². The number of nitrogens with one attached hydrogen (secondary N) is 1. The van der Waals surface area contributed by atoms with Crippen LogP contribution in [-0.2, 0) is 15.9 Å². The molecule has 1 saturated heterocycles. The summed E-state index contributed by atoms with van der Waals surface area (Å²) in [6.07, 6.45) is 1.46. The smallest absolute Gasteiger partial charge is 0.260 e. The summed E-state index contributed by atoms with van der Waals surface area (Å²) in [7, 11) is -3.53. The van der Waals surface area contributed by atoms with Gasteiger partial charge < -0.3 is 0 Å². The van der Waals surface area contributed by atoms with Crippen LogP contribution in [0, 0.1) is 0 Å². The van der Waals surface area contributed by atoms with Gasteiger partial charge in [-0.15, -0.1) is 11.6 Å². The van der Waals surface area contributed by atoms with E-state index in [9.17, 15) is 8.42 Å². The van der Waals surface area contributed by atoms with Crippen molar-refractivity contribution in [2.24, 2.45) is 0 Å². The number of H-pyrrole nitrogens is 1. The average molecular weight is 310 g/mol. The van der Waals surface area contributed by atoms with Gasteiger partial charge in [-0.05, 0) is 6.92 Å². The Labute approximate surface area is 116 Å². The highest BCUT2D eigenvalue weighted by Gasteiger charge is 2.36. The van der Waals surface area contributed by atoms with Crippen molar-refractivity contribution in [2.45, 2.75) is 36.0 Å². The molecule has 1 fully saturated rings. The number of alkyl halides is 1. The number of nitrogens with zero attached hydrogens (tertiary/aromatic N) is 2. The Bertz CT molecular complexity index is 517. The molecule has 1 aliphatic heterocycles. The second-order valence-electron chi connectivity index (χ2n) is 4.29. The molecule has 0 aliphatic carbocycles. The molecule has 2 atom stereocenters. The predicted molar refractivity (Wildman–Crippen MR) is 73.4 cm³/mol. The van der Waals surface area contributed by atoms with Gasteiger partial charge in [-0.25, -0.2) is 8.42 Å². The molecular formula is C10H16ClN3O2S2. The SMILES string of the molecule is CC1SCCN(S(=O)(=O)c2[nH]ncc2CCl)C1C. The van der Waals surface area contributed by atoms with Gasteiger partial charge in [0.05, 0.1) is 12.1 Å². The standard InChI is InChI=1S/C10H16ClN3O2S2/c1-7-8(2)17-4-3-14(7)18(15,16)10-9(5-11)6-12-13-10/h6-8H,3-5H2,1-2H3,(H,12,13). The Morgan fingerprint density at radius 3 is 3.00 bits per heavy atom. The van der Waals surface area contributed by atoms with Crippen molar-refractivity contribution in [3.63, 3.8) is 0 Å². The first-order valence-electron chi connectivity index (χ1n) is 5.70. The van der Waals surface area contributed by atoms with E-state index in [-0.39, 0.29) is 22.2 Å². The molecule has 102 valence electrons. The summed E-state index contributed by atoms with van der Waals surface area (Å²) in [4.78, 5) is 0. The maximum absolute atomic E-state index is 12.6. The van der Waals surface area contributed by atoms with Crippen molar-refractivity contribution in [1.82, 2.24) is 14.5 Å². The highest BCUT2D eigenvalue weighted by atomic mass is 35.5. The molecule has 1 N–H and O–H groups in total. The van der Waals surface area contributed by atoms with E-state index >= 15 is 0 Å². The van der Waals surface area contributed by atoms with Gasteiger partial charge in [0.15, 0.2) is 5.03 Å². The Kier molecular flexibility index (Phi) is 4.25. The number of halogens is 1. The van der Waals surface area contributed by atoms with Crippen LogP contribution in [0.1, 0.15) is 19.4 Å². The van der Waals surface area contributed by atoms with E-state index in [0.717, 1.165) is 5.75 Å². The maximum Gasteiger partial charge on any atom is 0.260 e. The average Bonchev–Trinajstić information content (AvgIpc) is 2.81. The molecule has 0 saturated carbocycles. The van der Waals surface area contributed by atoms with Gasteiger partial charge in [0, 0.05) is 29.2 Å². The summed E-state index contributed by atoms with van der Waals surface area (Å²) in [6, 6.07) is -0.0276. The van der Waals surface area contributed by atoms with Crippen LogP contribution >= 0.6 is 23.4 Å². The third-order valence-corrected chi connectivity index (χ3v) is 6.84. The lowest BCUT2D eigenvalue weighted by Gasteiger charge is -2.36. The summed E-state index contributed by atoms with van der Waals surface area (Å²) in [6.45, 7) is 4.51. The topological polar surface area (TPSA) is 66.1 Å². The van der Waals surface area contributed by atoms with Crippen LogP contribution in [0.2, 0.25) is 0 Å². The number of thioether (sulfide) groups is 1. The fraction of sp³-hybridized carbons (Fsp3) is 0.700. The molecule has 0 bridgehead atoms. The summed E-state index contributed by atoms with van der Waals surface area (Å²) in [5.41, 5.74) is 0.523. The number of hydrogen-bond donors (Lipinski definition) is 1. The Morgan fingerprint density at radius 2 is 2.33 bits per heavy atom. The third kappa shape index (κ3) is 2.41. The third-order valence-electron chi connectivity index (χ3n) is 3.21. The minimum atomic E-state index is -3.53. The number of rotatable bonds is 3. The molecule has 0 aromatic carbocycles. The van der Waals surface area contributed by atoms with E-state index in [1.807, 2.05) is 13.8 Å². The van der Waals surface area contributed by atoms with Crippen LogP contribution < -0.4 is 0 Å². The van der Waals surface area contributed by atoms with Crippen molar-refractivity contribution in [2.75, 3.05) is 12.3 Å². The van der Waals surface area contributed by atoms with Gasteiger partial charge in [-0.3, -0.25) is 5.10 Å². The normalized spacial score (nSPS) is 26.4. The van der Waals surface area contributed by atoms with Crippen molar-refractivity contribution < 1.29 is 8.42 Å². The van der Waals surface area contributed by atoms with Gasteiger partial charge in [0.25, 0.3) is 10.0 Å². The van der Waals surface area contributed by atoms with E-state index < -0.39 is 10.0 Å². The summed E-state index contributed by atoms with van der Waals surface area (Å²) >= 11 is 7.53. The maximum atomic E-state index is 12.6. The fourth-order valence-corrected chi connectivity index (χ4v) is 5.36. The van der Waals surface area contributed by atoms with E-state index in [1.54, 1.807) is 11.8 Å². The first-order chi connectivity index (χ1) is 8.48. The van der Waals surface area contributed by atoms with Crippen LogP contribution in [0.5, 0.6) is 0 Å². The molecule has 1 aromatic rings. The van der Waals surface area contributed by atoms with Crippen LogP contribution in [-0.4, -0.2) is 46.5 Å².